The molecule has 1 atom stereocenters. The predicted molar refractivity (Wildman–Crippen MR) is 91.9 cm³/mol. The van der Waals surface area contributed by atoms with E-state index < -0.39 is 0 Å². The number of nitrogens with one attached hydrogen (secondary N) is 1. The van der Waals surface area contributed by atoms with Gasteiger partial charge in [-0.25, -0.2) is 0 Å². The van der Waals surface area contributed by atoms with E-state index in [0.717, 1.165) is 37.6 Å². The molecule has 1 unspecified atom stereocenters. The lowest BCUT2D eigenvalue weighted by molar-refractivity contribution is 0.312. The Bertz CT molecular complexity index is 685. The summed E-state index contributed by atoms with van der Waals surface area (Å²) in [5.41, 5.74) is 0.617. The van der Waals surface area contributed by atoms with Gasteiger partial charge in [-0.1, -0.05) is 6.07 Å². The molecule has 0 saturated carbocycles. The number of hydrogen-bond donors (Lipinski definition) is 1. The zero-order valence-electron chi connectivity index (χ0n) is 13.6. The molecule has 1 aliphatic heterocycles. The molecule has 0 bridgehead atoms. The first-order chi connectivity index (χ1) is 11.9. The summed E-state index contributed by atoms with van der Waals surface area (Å²) in [5.74, 6) is 1.68. The van der Waals surface area contributed by atoms with Gasteiger partial charge in [0.15, 0.2) is 5.82 Å². The standard InChI is InChI=1S/C18H21N5O/c19-13-15-4-1-6-17(12-15)24-11-9-20-14-16-5-3-10-23(16)18-7-2-8-21-22-18/h1-2,4,6-8,12,16,20H,3,5,9-11,14H2. The highest BCUT2D eigenvalue weighted by molar-refractivity contribution is 5.39. The van der Waals surface area contributed by atoms with Crippen LogP contribution in [-0.2, 0) is 0 Å². The van der Waals surface area contributed by atoms with Crippen LogP contribution in [0.15, 0.2) is 42.6 Å². The maximum atomic E-state index is 8.88. The van der Waals surface area contributed by atoms with Gasteiger partial charge in [-0.05, 0) is 43.2 Å². The highest BCUT2D eigenvalue weighted by atomic mass is 16.5. The molecule has 0 amide bonds. The Balaban J connectivity index is 1.41. The Labute approximate surface area is 142 Å². The summed E-state index contributed by atoms with van der Waals surface area (Å²) in [6, 6.07) is 13.7. The van der Waals surface area contributed by atoms with Crippen molar-refractivity contribution in [2.24, 2.45) is 0 Å². The fourth-order valence-electron chi connectivity index (χ4n) is 2.96. The average molecular weight is 323 g/mol. The Kier molecular flexibility index (Phi) is 5.59. The second kappa shape index (κ2) is 8.27. The number of nitrogens with zero attached hydrogens (tertiary/aromatic N) is 4. The SMILES string of the molecule is N#Cc1cccc(OCCNCC2CCCN2c2cccnn2)c1. The number of ether oxygens (including phenoxy) is 1. The molecule has 1 aliphatic rings. The van der Waals surface area contributed by atoms with Crippen molar-refractivity contribution in [1.82, 2.24) is 15.5 Å². The third-order valence-corrected chi connectivity index (χ3v) is 4.12. The largest absolute Gasteiger partial charge is 0.492 e. The molecule has 124 valence electrons. The van der Waals surface area contributed by atoms with E-state index in [4.69, 9.17) is 10.00 Å². The van der Waals surface area contributed by atoms with Gasteiger partial charge in [0.2, 0.25) is 0 Å². The molecule has 1 fully saturated rings. The lowest BCUT2D eigenvalue weighted by Crippen LogP contribution is -2.39. The molecule has 1 aromatic heterocycles. The first-order valence-corrected chi connectivity index (χ1v) is 8.25. The van der Waals surface area contributed by atoms with Crippen LogP contribution in [0.3, 0.4) is 0 Å². The molecule has 2 heterocycles. The summed E-state index contributed by atoms with van der Waals surface area (Å²) in [4.78, 5) is 2.32. The smallest absolute Gasteiger partial charge is 0.151 e. The summed E-state index contributed by atoms with van der Waals surface area (Å²) >= 11 is 0. The minimum atomic E-state index is 0.448. The van der Waals surface area contributed by atoms with Crippen LogP contribution < -0.4 is 15.0 Å². The van der Waals surface area contributed by atoms with E-state index in [1.807, 2.05) is 24.3 Å². The molecule has 6 nitrogen and oxygen atoms in total. The summed E-state index contributed by atoms with van der Waals surface area (Å²) in [7, 11) is 0. The van der Waals surface area contributed by atoms with Gasteiger partial charge in [0.05, 0.1) is 11.6 Å². The van der Waals surface area contributed by atoms with Gasteiger partial charge < -0.3 is 15.0 Å². The normalized spacial score (nSPS) is 16.8. The predicted octanol–water partition coefficient (Wildman–Crippen LogP) is 1.99. The van der Waals surface area contributed by atoms with Gasteiger partial charge in [-0.2, -0.15) is 10.4 Å². The van der Waals surface area contributed by atoms with Gasteiger partial charge in [0.1, 0.15) is 12.4 Å². The van der Waals surface area contributed by atoms with Gasteiger partial charge in [-0.15, -0.1) is 5.10 Å². The highest BCUT2D eigenvalue weighted by Gasteiger charge is 2.25. The number of hydrogen-bond acceptors (Lipinski definition) is 6. The molecule has 0 aliphatic carbocycles. The van der Waals surface area contributed by atoms with Crippen LogP contribution >= 0.6 is 0 Å². The van der Waals surface area contributed by atoms with Gasteiger partial charge in [0.25, 0.3) is 0 Å². The van der Waals surface area contributed by atoms with Crippen molar-refractivity contribution in [1.29, 1.82) is 5.26 Å². The lowest BCUT2D eigenvalue weighted by Gasteiger charge is -2.25. The molecule has 2 aromatic rings. The van der Waals surface area contributed by atoms with Crippen LogP contribution in [0.5, 0.6) is 5.75 Å². The molecular formula is C18H21N5O. The first-order valence-electron chi connectivity index (χ1n) is 8.25. The van der Waals surface area contributed by atoms with Gasteiger partial charge in [0, 0.05) is 31.9 Å². The van der Waals surface area contributed by atoms with E-state index in [9.17, 15) is 0 Å². The van der Waals surface area contributed by atoms with Gasteiger partial charge in [-0.3, -0.25) is 0 Å². The molecule has 0 radical (unpaired) electrons. The van der Waals surface area contributed by atoms with Crippen molar-refractivity contribution in [3.8, 4) is 11.8 Å². The Hall–Kier alpha value is -2.65. The number of benzene rings is 1. The molecule has 1 saturated heterocycles. The minimum absolute atomic E-state index is 0.448. The summed E-state index contributed by atoms with van der Waals surface area (Å²) in [6.07, 6.45) is 4.04. The molecule has 24 heavy (non-hydrogen) atoms. The van der Waals surface area contributed by atoms with E-state index in [1.165, 1.54) is 6.42 Å². The molecular weight excluding hydrogens is 302 g/mol. The van der Waals surface area contributed by atoms with Crippen LogP contribution in [0, 0.1) is 11.3 Å². The highest BCUT2D eigenvalue weighted by Crippen LogP contribution is 2.22. The summed E-state index contributed by atoms with van der Waals surface area (Å²) < 4.78 is 5.68. The third-order valence-electron chi connectivity index (χ3n) is 4.12. The second-order valence-electron chi connectivity index (χ2n) is 5.76. The fraction of sp³-hybridized carbons (Fsp3) is 0.389. The second-order valence-corrected chi connectivity index (χ2v) is 5.76. The van der Waals surface area contributed by atoms with Crippen molar-refractivity contribution in [3.63, 3.8) is 0 Å². The quantitative estimate of drug-likeness (QED) is 0.786. The Morgan fingerprint density at radius 1 is 1.33 bits per heavy atom. The van der Waals surface area contributed by atoms with Crippen LogP contribution in [0.1, 0.15) is 18.4 Å². The zero-order valence-corrected chi connectivity index (χ0v) is 13.6. The van der Waals surface area contributed by atoms with Crippen LogP contribution in [0.25, 0.3) is 0 Å². The van der Waals surface area contributed by atoms with E-state index in [-0.39, 0.29) is 0 Å². The Morgan fingerprint density at radius 3 is 3.12 bits per heavy atom. The Morgan fingerprint density at radius 2 is 2.29 bits per heavy atom. The van der Waals surface area contributed by atoms with Gasteiger partial charge >= 0.3 is 0 Å². The van der Waals surface area contributed by atoms with Crippen LogP contribution in [0.2, 0.25) is 0 Å². The van der Waals surface area contributed by atoms with E-state index >= 15 is 0 Å². The zero-order chi connectivity index (χ0) is 16.6. The minimum Gasteiger partial charge on any atom is -0.492 e. The summed E-state index contributed by atoms with van der Waals surface area (Å²) in [6.45, 7) is 3.27. The third kappa shape index (κ3) is 4.21. The number of anilines is 1. The first kappa shape index (κ1) is 16.2. The number of nitriles is 1. The molecule has 6 heteroatoms. The number of aromatic nitrogens is 2. The van der Waals surface area contributed by atoms with Crippen LogP contribution in [0.4, 0.5) is 5.82 Å². The van der Waals surface area contributed by atoms with Crippen molar-refractivity contribution < 1.29 is 4.74 Å². The topological polar surface area (TPSA) is 74.1 Å². The maximum Gasteiger partial charge on any atom is 0.151 e. The monoisotopic (exact) mass is 323 g/mol. The average Bonchev–Trinajstić information content (AvgIpc) is 3.11. The molecule has 0 spiro atoms. The van der Waals surface area contributed by atoms with Crippen molar-refractivity contribution in [2.45, 2.75) is 18.9 Å². The molecule has 1 aromatic carbocycles. The number of rotatable bonds is 7. The van der Waals surface area contributed by atoms with Crippen molar-refractivity contribution in [3.05, 3.63) is 48.2 Å². The lowest BCUT2D eigenvalue weighted by atomic mass is 10.2. The van der Waals surface area contributed by atoms with Crippen LogP contribution in [-0.4, -0.2) is 42.5 Å². The van der Waals surface area contributed by atoms with E-state index in [1.54, 1.807) is 18.3 Å². The summed E-state index contributed by atoms with van der Waals surface area (Å²) in [5, 5.41) is 20.5. The van der Waals surface area contributed by atoms with E-state index in [2.05, 4.69) is 26.5 Å². The maximum absolute atomic E-state index is 8.88. The van der Waals surface area contributed by atoms with E-state index in [0.29, 0.717) is 18.2 Å². The van der Waals surface area contributed by atoms with Crippen molar-refractivity contribution in [2.75, 3.05) is 31.1 Å². The molecule has 1 N–H and O–H groups in total. The van der Waals surface area contributed by atoms with Crippen molar-refractivity contribution >= 4 is 5.82 Å². The fourth-order valence-corrected chi connectivity index (χ4v) is 2.96. The molecule has 3 rings (SSSR count).